The minimum atomic E-state index is -1.10. The van der Waals surface area contributed by atoms with E-state index in [2.05, 4.69) is 60.7 Å². The molecule has 0 spiro atoms. The van der Waals surface area contributed by atoms with Crippen LogP contribution in [0.1, 0.15) is 19.3 Å². The Bertz CT molecular complexity index is 498. The summed E-state index contributed by atoms with van der Waals surface area (Å²) in [6.07, 6.45) is 3.52. The lowest BCUT2D eigenvalue weighted by Gasteiger charge is -2.17. The molecule has 22 heavy (non-hydrogen) atoms. The Morgan fingerprint density at radius 2 is 1.32 bits per heavy atom. The second kappa shape index (κ2) is 8.27. The van der Waals surface area contributed by atoms with Gasteiger partial charge in [0.25, 0.3) is 0 Å². The number of rotatable bonds is 7. The van der Waals surface area contributed by atoms with Gasteiger partial charge in [0.2, 0.25) is 0 Å². The van der Waals surface area contributed by atoms with Crippen molar-refractivity contribution in [3.63, 3.8) is 0 Å². The van der Waals surface area contributed by atoms with E-state index in [9.17, 15) is 0 Å². The van der Waals surface area contributed by atoms with E-state index < -0.39 is 8.80 Å². The number of benzene rings is 2. The Kier molecular flexibility index (Phi) is 5.82. The van der Waals surface area contributed by atoms with Crippen LogP contribution in [0.15, 0.2) is 60.7 Å². The largest absolute Gasteiger partial charge is 0.350 e. The SMILES string of the molecule is c1ccc([SiH](CCCCC2OCCO2)c2ccccc2)cc1. The normalized spacial score (nSPS) is 15.5. The van der Waals surface area contributed by atoms with Gasteiger partial charge in [-0.05, 0) is 12.8 Å². The Hall–Kier alpha value is -1.42. The molecule has 0 saturated carbocycles. The summed E-state index contributed by atoms with van der Waals surface area (Å²) in [4.78, 5) is 0. The van der Waals surface area contributed by atoms with Crippen molar-refractivity contribution in [2.75, 3.05) is 13.2 Å². The maximum absolute atomic E-state index is 5.52. The van der Waals surface area contributed by atoms with Gasteiger partial charge in [-0.15, -0.1) is 0 Å². The fourth-order valence-corrected chi connectivity index (χ4v) is 6.25. The smallest absolute Gasteiger partial charge is 0.157 e. The Morgan fingerprint density at radius 1 is 0.773 bits per heavy atom. The van der Waals surface area contributed by atoms with Gasteiger partial charge < -0.3 is 9.47 Å². The average Bonchev–Trinajstić information content (AvgIpc) is 3.10. The zero-order valence-corrected chi connectivity index (χ0v) is 14.1. The highest BCUT2D eigenvalue weighted by molar-refractivity contribution is 6.85. The molecule has 1 fully saturated rings. The second-order valence-corrected chi connectivity index (χ2v) is 8.85. The van der Waals surface area contributed by atoms with E-state index in [1.807, 2.05) is 0 Å². The summed E-state index contributed by atoms with van der Waals surface area (Å²) in [6.45, 7) is 1.52. The van der Waals surface area contributed by atoms with E-state index >= 15 is 0 Å². The summed E-state index contributed by atoms with van der Waals surface area (Å²) in [5.41, 5.74) is 0. The van der Waals surface area contributed by atoms with Gasteiger partial charge in [0.05, 0.1) is 13.2 Å². The second-order valence-electron chi connectivity index (χ2n) is 5.83. The molecule has 2 aromatic carbocycles. The maximum Gasteiger partial charge on any atom is 0.157 e. The van der Waals surface area contributed by atoms with E-state index in [1.165, 1.54) is 18.9 Å². The maximum atomic E-state index is 5.52. The fourth-order valence-electron chi connectivity index (χ4n) is 3.13. The summed E-state index contributed by atoms with van der Waals surface area (Å²) in [7, 11) is -1.10. The zero-order valence-electron chi connectivity index (χ0n) is 13.0. The topological polar surface area (TPSA) is 18.5 Å². The molecular weight excluding hydrogens is 288 g/mol. The highest BCUT2D eigenvalue weighted by atomic mass is 28.3. The Labute approximate surface area is 134 Å². The van der Waals surface area contributed by atoms with Crippen LogP contribution in [0.3, 0.4) is 0 Å². The van der Waals surface area contributed by atoms with Gasteiger partial charge in [-0.25, -0.2) is 0 Å². The van der Waals surface area contributed by atoms with E-state index in [0.717, 1.165) is 19.6 Å². The standard InChI is InChI=1S/C19H24O2Si/c1-3-9-17(10-4-1)22(18-11-5-2-6-12-18)16-8-7-13-19-20-14-15-21-19/h1-6,9-12,19,22H,7-8,13-16H2. The molecule has 1 aliphatic heterocycles. The third-order valence-corrected chi connectivity index (χ3v) is 7.64. The van der Waals surface area contributed by atoms with Crippen LogP contribution in [0, 0.1) is 0 Å². The van der Waals surface area contributed by atoms with Crippen LogP contribution in [0.2, 0.25) is 6.04 Å². The first kappa shape index (κ1) is 15.5. The lowest BCUT2D eigenvalue weighted by atomic mass is 10.2. The molecular formula is C19H24O2Si. The highest BCUT2D eigenvalue weighted by Gasteiger charge is 2.18. The molecule has 0 bridgehead atoms. The van der Waals surface area contributed by atoms with Crippen molar-refractivity contribution in [1.29, 1.82) is 0 Å². The van der Waals surface area contributed by atoms with Crippen molar-refractivity contribution >= 4 is 19.2 Å². The molecule has 0 atom stereocenters. The molecule has 0 aliphatic carbocycles. The number of ether oxygens (including phenoxy) is 2. The van der Waals surface area contributed by atoms with Crippen LogP contribution >= 0.6 is 0 Å². The fraction of sp³-hybridized carbons (Fsp3) is 0.368. The van der Waals surface area contributed by atoms with Gasteiger partial charge in [0.1, 0.15) is 8.80 Å². The summed E-state index contributed by atoms with van der Waals surface area (Å²) in [5.74, 6) is 0. The molecule has 0 radical (unpaired) electrons. The molecule has 2 nitrogen and oxygen atoms in total. The molecule has 0 N–H and O–H groups in total. The Morgan fingerprint density at radius 3 is 1.86 bits per heavy atom. The molecule has 3 heteroatoms. The number of unbranched alkanes of at least 4 members (excludes halogenated alkanes) is 1. The molecule has 3 rings (SSSR count). The van der Waals surface area contributed by atoms with Crippen molar-refractivity contribution in [2.24, 2.45) is 0 Å². The molecule has 0 aromatic heterocycles. The lowest BCUT2D eigenvalue weighted by molar-refractivity contribution is -0.0477. The summed E-state index contributed by atoms with van der Waals surface area (Å²) < 4.78 is 11.0. The number of hydrogen-bond donors (Lipinski definition) is 0. The van der Waals surface area contributed by atoms with E-state index in [0.29, 0.717) is 0 Å². The van der Waals surface area contributed by atoms with Crippen LogP contribution in [0.4, 0.5) is 0 Å². The number of hydrogen-bond acceptors (Lipinski definition) is 2. The molecule has 2 aromatic rings. The average molecular weight is 312 g/mol. The molecule has 1 heterocycles. The van der Waals surface area contributed by atoms with Crippen LogP contribution in [-0.4, -0.2) is 28.3 Å². The lowest BCUT2D eigenvalue weighted by Crippen LogP contribution is -2.41. The predicted molar refractivity (Wildman–Crippen MR) is 93.7 cm³/mol. The summed E-state index contributed by atoms with van der Waals surface area (Å²) in [5, 5.41) is 3.09. The van der Waals surface area contributed by atoms with E-state index in [-0.39, 0.29) is 6.29 Å². The van der Waals surface area contributed by atoms with Crippen molar-refractivity contribution in [1.82, 2.24) is 0 Å². The highest BCUT2D eigenvalue weighted by Crippen LogP contribution is 2.13. The van der Waals surface area contributed by atoms with Crippen molar-refractivity contribution in [2.45, 2.75) is 31.6 Å². The van der Waals surface area contributed by atoms with Gasteiger partial charge in [0.15, 0.2) is 6.29 Å². The van der Waals surface area contributed by atoms with Gasteiger partial charge in [-0.1, -0.05) is 83.5 Å². The molecule has 0 unspecified atom stereocenters. The third-order valence-electron chi connectivity index (χ3n) is 4.28. The van der Waals surface area contributed by atoms with Crippen molar-refractivity contribution in [3.8, 4) is 0 Å². The minimum absolute atomic E-state index is 0.0496. The van der Waals surface area contributed by atoms with Crippen molar-refractivity contribution in [3.05, 3.63) is 60.7 Å². The van der Waals surface area contributed by atoms with Crippen molar-refractivity contribution < 1.29 is 9.47 Å². The first-order valence-corrected chi connectivity index (χ1v) is 10.2. The molecule has 1 aliphatic rings. The third kappa shape index (κ3) is 4.29. The van der Waals surface area contributed by atoms with Crippen LogP contribution in [-0.2, 0) is 9.47 Å². The van der Waals surface area contributed by atoms with E-state index in [4.69, 9.17) is 9.47 Å². The first-order chi connectivity index (χ1) is 10.9. The first-order valence-electron chi connectivity index (χ1n) is 8.26. The van der Waals surface area contributed by atoms with Gasteiger partial charge in [0, 0.05) is 0 Å². The minimum Gasteiger partial charge on any atom is -0.350 e. The summed E-state index contributed by atoms with van der Waals surface area (Å²) in [6, 6.07) is 23.4. The van der Waals surface area contributed by atoms with Crippen LogP contribution < -0.4 is 10.4 Å². The van der Waals surface area contributed by atoms with Crippen LogP contribution in [0.5, 0.6) is 0 Å². The predicted octanol–water partition coefficient (Wildman–Crippen LogP) is 2.57. The Balaban J connectivity index is 1.59. The summed E-state index contributed by atoms with van der Waals surface area (Å²) >= 11 is 0. The molecule has 1 saturated heterocycles. The molecule has 0 amide bonds. The van der Waals surface area contributed by atoms with E-state index in [1.54, 1.807) is 10.4 Å². The van der Waals surface area contributed by atoms with Gasteiger partial charge in [-0.2, -0.15) is 0 Å². The van der Waals surface area contributed by atoms with Gasteiger partial charge in [-0.3, -0.25) is 0 Å². The monoisotopic (exact) mass is 312 g/mol. The zero-order chi connectivity index (χ0) is 15.0. The quantitative estimate of drug-likeness (QED) is 0.578. The van der Waals surface area contributed by atoms with Gasteiger partial charge >= 0.3 is 0 Å². The van der Waals surface area contributed by atoms with Crippen LogP contribution in [0.25, 0.3) is 0 Å². The molecule has 116 valence electrons.